The predicted octanol–water partition coefficient (Wildman–Crippen LogP) is 1.97. The van der Waals surface area contributed by atoms with Gasteiger partial charge >= 0.3 is 0 Å². The molecule has 4 N–H and O–H groups in total. The minimum Gasteiger partial charge on any atom is -0.347 e. The first-order valence-corrected chi connectivity index (χ1v) is 9.23. The van der Waals surface area contributed by atoms with E-state index in [2.05, 4.69) is 15.6 Å². The zero-order valence-corrected chi connectivity index (χ0v) is 15.9. The Balaban J connectivity index is 1.96. The number of amides is 2. The zero-order chi connectivity index (χ0) is 19.6. The Labute approximate surface area is 160 Å². The van der Waals surface area contributed by atoms with Crippen molar-refractivity contribution < 1.29 is 9.59 Å². The summed E-state index contributed by atoms with van der Waals surface area (Å²) < 4.78 is 0. The van der Waals surface area contributed by atoms with Crippen molar-refractivity contribution in [3.63, 3.8) is 0 Å². The van der Waals surface area contributed by atoms with Crippen LogP contribution in [0.15, 0.2) is 54.7 Å². The maximum absolute atomic E-state index is 12.4. The van der Waals surface area contributed by atoms with E-state index in [0.29, 0.717) is 18.8 Å². The molecule has 0 radical (unpaired) electrons. The molecule has 27 heavy (non-hydrogen) atoms. The minimum atomic E-state index is -0.601. The van der Waals surface area contributed by atoms with Crippen LogP contribution in [0.3, 0.4) is 0 Å². The molecule has 6 heteroatoms. The number of pyridine rings is 1. The van der Waals surface area contributed by atoms with Gasteiger partial charge in [-0.1, -0.05) is 50.2 Å². The lowest BCUT2D eigenvalue weighted by Gasteiger charge is -2.20. The van der Waals surface area contributed by atoms with Crippen molar-refractivity contribution in [2.24, 2.45) is 11.7 Å². The number of nitrogens with zero attached hydrogens (tertiary/aromatic N) is 1. The number of carbonyl (C=O) groups is 2. The quantitative estimate of drug-likeness (QED) is 0.630. The first kappa shape index (κ1) is 20.6. The number of rotatable bonds is 9. The summed E-state index contributed by atoms with van der Waals surface area (Å²) >= 11 is 0. The number of benzene rings is 1. The largest absolute Gasteiger partial charge is 0.347 e. The van der Waals surface area contributed by atoms with E-state index in [4.69, 9.17) is 5.73 Å². The zero-order valence-electron chi connectivity index (χ0n) is 15.9. The second-order valence-corrected chi connectivity index (χ2v) is 7.01. The average molecular weight is 368 g/mol. The first-order valence-electron chi connectivity index (χ1n) is 9.23. The molecule has 2 atom stereocenters. The van der Waals surface area contributed by atoms with E-state index in [1.807, 2.05) is 62.4 Å². The van der Waals surface area contributed by atoms with Crippen molar-refractivity contribution in [2.45, 2.75) is 38.8 Å². The monoisotopic (exact) mass is 368 g/mol. The van der Waals surface area contributed by atoms with E-state index in [1.54, 1.807) is 6.20 Å². The predicted molar refractivity (Wildman–Crippen MR) is 106 cm³/mol. The van der Waals surface area contributed by atoms with Crippen molar-refractivity contribution in [1.82, 2.24) is 15.6 Å². The van der Waals surface area contributed by atoms with Gasteiger partial charge in [0.1, 0.15) is 0 Å². The van der Waals surface area contributed by atoms with E-state index < -0.39 is 6.04 Å². The van der Waals surface area contributed by atoms with Gasteiger partial charge in [0.15, 0.2) is 0 Å². The van der Waals surface area contributed by atoms with Crippen LogP contribution in [0, 0.1) is 5.92 Å². The van der Waals surface area contributed by atoms with Gasteiger partial charge < -0.3 is 16.4 Å². The molecule has 0 saturated heterocycles. The highest BCUT2D eigenvalue weighted by molar-refractivity contribution is 5.87. The van der Waals surface area contributed by atoms with Crippen LogP contribution in [-0.4, -0.2) is 29.4 Å². The fourth-order valence-corrected chi connectivity index (χ4v) is 2.82. The molecule has 2 amide bonds. The molecule has 0 aliphatic rings. The van der Waals surface area contributed by atoms with Gasteiger partial charge in [0.05, 0.1) is 18.6 Å². The molecule has 0 aliphatic heterocycles. The normalized spacial score (nSPS) is 13.0. The Morgan fingerprint density at radius 3 is 2.41 bits per heavy atom. The lowest BCUT2D eigenvalue weighted by Crippen LogP contribution is -2.46. The molecule has 0 aliphatic carbocycles. The summed E-state index contributed by atoms with van der Waals surface area (Å²) in [6.07, 6.45) is 2.88. The smallest absolute Gasteiger partial charge is 0.239 e. The number of hydrogen-bond donors (Lipinski definition) is 3. The summed E-state index contributed by atoms with van der Waals surface area (Å²) in [4.78, 5) is 28.7. The highest BCUT2D eigenvalue weighted by Crippen LogP contribution is 2.17. The molecular formula is C21H28N4O2. The van der Waals surface area contributed by atoms with Crippen LogP contribution in [0.5, 0.6) is 0 Å². The number of hydrogen-bond acceptors (Lipinski definition) is 4. The van der Waals surface area contributed by atoms with Crippen LogP contribution in [0.2, 0.25) is 0 Å². The van der Waals surface area contributed by atoms with Crippen molar-refractivity contribution in [3.8, 4) is 0 Å². The Kier molecular flexibility index (Phi) is 7.95. The summed E-state index contributed by atoms with van der Waals surface area (Å²) in [5, 5.41) is 5.60. The Morgan fingerprint density at radius 1 is 1.07 bits per heavy atom. The molecule has 1 aromatic heterocycles. The van der Waals surface area contributed by atoms with E-state index in [1.165, 1.54) is 0 Å². The molecule has 144 valence electrons. The van der Waals surface area contributed by atoms with Crippen LogP contribution in [0.25, 0.3) is 0 Å². The van der Waals surface area contributed by atoms with Gasteiger partial charge in [-0.2, -0.15) is 0 Å². The van der Waals surface area contributed by atoms with Crippen LogP contribution < -0.4 is 16.4 Å². The Hall–Kier alpha value is -2.73. The second kappa shape index (κ2) is 10.4. The molecule has 2 aromatic rings. The van der Waals surface area contributed by atoms with Crippen LogP contribution in [0.4, 0.5) is 0 Å². The molecule has 0 fully saturated rings. The standard InChI is InChI=1S/C21H28N4O2/c1-15(2)12-18(22)21(27)24-14-20(26)25-19(16-8-4-3-5-9-16)13-17-10-6-7-11-23-17/h3-11,15,18-19H,12-14,22H2,1-2H3,(H,24,27)(H,25,26). The van der Waals surface area contributed by atoms with Crippen LogP contribution >= 0.6 is 0 Å². The number of carbonyl (C=O) groups excluding carboxylic acids is 2. The second-order valence-electron chi connectivity index (χ2n) is 7.01. The highest BCUT2D eigenvalue weighted by atomic mass is 16.2. The number of aromatic nitrogens is 1. The van der Waals surface area contributed by atoms with Gasteiger partial charge in [-0.25, -0.2) is 0 Å². The molecule has 2 unspecified atom stereocenters. The van der Waals surface area contributed by atoms with Gasteiger partial charge in [-0.3, -0.25) is 14.6 Å². The maximum Gasteiger partial charge on any atom is 0.239 e. The third-order valence-electron chi connectivity index (χ3n) is 4.16. The van der Waals surface area contributed by atoms with Crippen molar-refractivity contribution in [1.29, 1.82) is 0 Å². The summed E-state index contributed by atoms with van der Waals surface area (Å²) in [5.41, 5.74) is 7.72. The number of nitrogens with two attached hydrogens (primary N) is 1. The van der Waals surface area contributed by atoms with Crippen molar-refractivity contribution >= 4 is 11.8 Å². The molecule has 1 heterocycles. The molecular weight excluding hydrogens is 340 g/mol. The van der Waals surface area contributed by atoms with Crippen LogP contribution in [-0.2, 0) is 16.0 Å². The summed E-state index contributed by atoms with van der Waals surface area (Å²) in [6.45, 7) is 3.90. The van der Waals surface area contributed by atoms with E-state index in [-0.39, 0.29) is 24.4 Å². The molecule has 1 aromatic carbocycles. The van der Waals surface area contributed by atoms with Crippen molar-refractivity contribution in [2.75, 3.05) is 6.54 Å². The SMILES string of the molecule is CC(C)CC(N)C(=O)NCC(=O)NC(Cc1ccccn1)c1ccccc1. The Morgan fingerprint density at radius 2 is 1.78 bits per heavy atom. The maximum atomic E-state index is 12.4. The Bertz CT molecular complexity index is 719. The van der Waals surface area contributed by atoms with Gasteiger partial charge in [-0.15, -0.1) is 0 Å². The molecule has 0 bridgehead atoms. The van der Waals surface area contributed by atoms with Gasteiger partial charge in [-0.05, 0) is 30.0 Å². The summed E-state index contributed by atoms with van der Waals surface area (Å²) in [5.74, 6) is -0.245. The molecule has 0 saturated carbocycles. The molecule has 0 spiro atoms. The molecule has 6 nitrogen and oxygen atoms in total. The van der Waals surface area contributed by atoms with E-state index in [9.17, 15) is 9.59 Å². The average Bonchev–Trinajstić information content (AvgIpc) is 2.66. The fourth-order valence-electron chi connectivity index (χ4n) is 2.82. The van der Waals surface area contributed by atoms with Gasteiger partial charge in [0.25, 0.3) is 0 Å². The summed E-state index contributed by atoms with van der Waals surface area (Å²) in [7, 11) is 0. The lowest BCUT2D eigenvalue weighted by molar-refractivity contribution is -0.127. The highest BCUT2D eigenvalue weighted by Gasteiger charge is 2.18. The topological polar surface area (TPSA) is 97.1 Å². The number of nitrogens with one attached hydrogen (secondary N) is 2. The third kappa shape index (κ3) is 7.19. The lowest BCUT2D eigenvalue weighted by atomic mass is 10.0. The minimum absolute atomic E-state index is 0.101. The van der Waals surface area contributed by atoms with E-state index in [0.717, 1.165) is 11.3 Å². The summed E-state index contributed by atoms with van der Waals surface area (Å²) in [6, 6.07) is 14.6. The third-order valence-corrected chi connectivity index (χ3v) is 4.16. The van der Waals surface area contributed by atoms with E-state index >= 15 is 0 Å². The van der Waals surface area contributed by atoms with Crippen LogP contribution in [0.1, 0.15) is 37.6 Å². The first-order chi connectivity index (χ1) is 13.0. The van der Waals surface area contributed by atoms with Gasteiger partial charge in [0, 0.05) is 18.3 Å². The molecule has 2 rings (SSSR count). The van der Waals surface area contributed by atoms with Gasteiger partial charge in [0.2, 0.25) is 11.8 Å². The van der Waals surface area contributed by atoms with Crippen molar-refractivity contribution in [3.05, 3.63) is 66.0 Å². The fraction of sp³-hybridized carbons (Fsp3) is 0.381.